The lowest BCUT2D eigenvalue weighted by Gasteiger charge is -2.09. The molecule has 2 heterocycles. The normalized spacial score (nSPS) is 12.3. The molecule has 30 heavy (non-hydrogen) atoms. The second-order valence-electron chi connectivity index (χ2n) is 6.97. The minimum atomic E-state index is -0.213. The number of nitrogens with zero attached hydrogens (tertiary/aromatic N) is 1. The van der Waals surface area contributed by atoms with Crippen molar-refractivity contribution in [2.24, 2.45) is 0 Å². The molecule has 1 aliphatic heterocycles. The van der Waals surface area contributed by atoms with Gasteiger partial charge in [-0.05, 0) is 48.8 Å². The number of hydrogen-bond acceptors (Lipinski definition) is 5. The fourth-order valence-corrected chi connectivity index (χ4v) is 3.74. The monoisotopic (exact) mass is 445 g/mol. The van der Waals surface area contributed by atoms with E-state index in [1.807, 2.05) is 24.3 Å². The molecule has 4 rings (SSSR count). The van der Waals surface area contributed by atoms with Crippen LogP contribution < -0.4 is 20.3 Å². The smallest absolute Gasteiger partial charge is 0.262 e. The molecule has 0 saturated heterocycles. The number of aromatic amines is 1. The summed E-state index contributed by atoms with van der Waals surface area (Å²) in [5.74, 6) is 1.06. The van der Waals surface area contributed by atoms with Crippen LogP contribution in [0.2, 0.25) is 5.02 Å². The molecule has 2 aromatic carbocycles. The van der Waals surface area contributed by atoms with Crippen molar-refractivity contribution >= 4 is 40.6 Å². The first-order valence-corrected chi connectivity index (χ1v) is 10.4. The van der Waals surface area contributed by atoms with Crippen LogP contribution in [0.4, 0.5) is 0 Å². The highest BCUT2D eigenvalue weighted by Crippen LogP contribution is 2.34. The predicted molar refractivity (Wildman–Crippen MR) is 117 cm³/mol. The first-order valence-electron chi connectivity index (χ1n) is 9.59. The SMILES string of the molecule is O=C(CCCn1c(=S)[nH]c2cc3c(cc2c1=O)OCO3)NCCc1ccc(Cl)cc1. The van der Waals surface area contributed by atoms with Gasteiger partial charge in [0.05, 0.1) is 10.9 Å². The van der Waals surface area contributed by atoms with Crippen LogP contribution in [0, 0.1) is 4.77 Å². The van der Waals surface area contributed by atoms with Gasteiger partial charge in [-0.25, -0.2) is 0 Å². The molecule has 2 N–H and O–H groups in total. The quantitative estimate of drug-likeness (QED) is 0.543. The van der Waals surface area contributed by atoms with Crippen molar-refractivity contribution in [3.05, 3.63) is 62.1 Å². The van der Waals surface area contributed by atoms with Crippen molar-refractivity contribution in [3.8, 4) is 11.5 Å². The van der Waals surface area contributed by atoms with E-state index in [4.69, 9.17) is 33.3 Å². The third kappa shape index (κ3) is 4.49. The number of carbonyl (C=O) groups is 1. The van der Waals surface area contributed by atoms with E-state index in [0.29, 0.717) is 58.1 Å². The summed E-state index contributed by atoms with van der Waals surface area (Å²) >= 11 is 11.2. The summed E-state index contributed by atoms with van der Waals surface area (Å²) in [6.07, 6.45) is 1.54. The molecule has 0 spiro atoms. The summed E-state index contributed by atoms with van der Waals surface area (Å²) in [6, 6.07) is 10.9. The molecule has 7 nitrogen and oxygen atoms in total. The summed E-state index contributed by atoms with van der Waals surface area (Å²) < 4.78 is 12.5. The van der Waals surface area contributed by atoms with E-state index in [-0.39, 0.29) is 18.3 Å². The van der Waals surface area contributed by atoms with Crippen molar-refractivity contribution in [1.29, 1.82) is 0 Å². The number of rotatable bonds is 7. The Morgan fingerprint density at radius 3 is 2.70 bits per heavy atom. The molecule has 0 unspecified atom stereocenters. The fraction of sp³-hybridized carbons (Fsp3) is 0.286. The van der Waals surface area contributed by atoms with Gasteiger partial charge in [0.25, 0.3) is 5.56 Å². The predicted octanol–water partition coefficient (Wildman–Crippen LogP) is 3.58. The lowest BCUT2D eigenvalue weighted by atomic mass is 10.1. The summed E-state index contributed by atoms with van der Waals surface area (Å²) in [7, 11) is 0. The van der Waals surface area contributed by atoms with E-state index in [0.717, 1.165) is 12.0 Å². The highest BCUT2D eigenvalue weighted by molar-refractivity contribution is 7.71. The van der Waals surface area contributed by atoms with Crippen LogP contribution in [-0.2, 0) is 17.8 Å². The molecule has 1 aromatic heterocycles. The number of halogens is 1. The molecule has 0 atom stereocenters. The van der Waals surface area contributed by atoms with Gasteiger partial charge in [-0.3, -0.25) is 14.2 Å². The van der Waals surface area contributed by atoms with Gasteiger partial charge in [-0.2, -0.15) is 0 Å². The van der Waals surface area contributed by atoms with Crippen LogP contribution >= 0.6 is 23.8 Å². The molecule has 0 aliphatic carbocycles. The molecular weight excluding hydrogens is 426 g/mol. The Labute approximate surface area is 182 Å². The largest absolute Gasteiger partial charge is 0.454 e. The zero-order chi connectivity index (χ0) is 21.1. The molecular formula is C21H20ClN3O4S. The third-order valence-electron chi connectivity index (χ3n) is 4.91. The number of fused-ring (bicyclic) bond motifs is 2. The van der Waals surface area contributed by atoms with Crippen LogP contribution in [-0.4, -0.2) is 28.8 Å². The maximum atomic E-state index is 12.8. The molecule has 0 fully saturated rings. The van der Waals surface area contributed by atoms with Crippen LogP contribution in [0.1, 0.15) is 18.4 Å². The number of nitrogens with one attached hydrogen (secondary N) is 2. The first-order chi connectivity index (χ1) is 14.5. The zero-order valence-corrected chi connectivity index (χ0v) is 17.6. The topological polar surface area (TPSA) is 85.4 Å². The average Bonchev–Trinajstić information content (AvgIpc) is 3.18. The Balaban J connectivity index is 1.34. The van der Waals surface area contributed by atoms with Crippen LogP contribution in [0.25, 0.3) is 10.9 Å². The van der Waals surface area contributed by atoms with E-state index >= 15 is 0 Å². The summed E-state index contributed by atoms with van der Waals surface area (Å²) in [5.41, 5.74) is 1.50. The number of aromatic nitrogens is 2. The van der Waals surface area contributed by atoms with Gasteiger partial charge in [0, 0.05) is 30.6 Å². The fourth-order valence-electron chi connectivity index (χ4n) is 3.33. The first kappa shape index (κ1) is 20.4. The number of benzene rings is 2. The highest BCUT2D eigenvalue weighted by Gasteiger charge is 2.17. The van der Waals surface area contributed by atoms with Gasteiger partial charge in [0.15, 0.2) is 16.3 Å². The van der Waals surface area contributed by atoms with Crippen LogP contribution in [0.15, 0.2) is 41.2 Å². The summed E-state index contributed by atoms with van der Waals surface area (Å²) in [5, 5.41) is 4.06. The number of amides is 1. The molecule has 9 heteroatoms. The van der Waals surface area contributed by atoms with Gasteiger partial charge >= 0.3 is 0 Å². The van der Waals surface area contributed by atoms with Crippen molar-refractivity contribution in [1.82, 2.24) is 14.9 Å². The Morgan fingerprint density at radius 1 is 1.20 bits per heavy atom. The number of hydrogen-bond donors (Lipinski definition) is 2. The molecule has 0 radical (unpaired) electrons. The molecule has 1 amide bonds. The second kappa shape index (κ2) is 8.89. The van der Waals surface area contributed by atoms with E-state index in [9.17, 15) is 9.59 Å². The van der Waals surface area contributed by atoms with Gasteiger partial charge in [0.1, 0.15) is 0 Å². The highest BCUT2D eigenvalue weighted by atomic mass is 35.5. The number of H-pyrrole nitrogens is 1. The zero-order valence-electron chi connectivity index (χ0n) is 16.1. The molecule has 0 saturated carbocycles. The van der Waals surface area contributed by atoms with Crippen molar-refractivity contribution in [2.45, 2.75) is 25.8 Å². The maximum absolute atomic E-state index is 12.8. The van der Waals surface area contributed by atoms with Gasteiger partial charge in [-0.15, -0.1) is 0 Å². The van der Waals surface area contributed by atoms with E-state index in [1.165, 1.54) is 4.57 Å². The lowest BCUT2D eigenvalue weighted by molar-refractivity contribution is -0.121. The van der Waals surface area contributed by atoms with Gasteiger partial charge in [-0.1, -0.05) is 23.7 Å². The van der Waals surface area contributed by atoms with Crippen LogP contribution in [0.3, 0.4) is 0 Å². The van der Waals surface area contributed by atoms with Gasteiger partial charge in [0.2, 0.25) is 12.7 Å². The lowest BCUT2D eigenvalue weighted by Crippen LogP contribution is -2.27. The van der Waals surface area contributed by atoms with Crippen molar-refractivity contribution in [2.75, 3.05) is 13.3 Å². The molecule has 0 bridgehead atoms. The molecule has 3 aromatic rings. The Hall–Kier alpha value is -2.84. The third-order valence-corrected chi connectivity index (χ3v) is 5.48. The number of ether oxygens (including phenoxy) is 2. The van der Waals surface area contributed by atoms with E-state index in [2.05, 4.69) is 10.3 Å². The summed E-state index contributed by atoms with van der Waals surface area (Å²) in [6.45, 7) is 1.03. The van der Waals surface area contributed by atoms with Crippen molar-refractivity contribution < 1.29 is 14.3 Å². The second-order valence-corrected chi connectivity index (χ2v) is 7.79. The average molecular weight is 446 g/mol. The van der Waals surface area contributed by atoms with Gasteiger partial charge < -0.3 is 19.8 Å². The van der Waals surface area contributed by atoms with E-state index < -0.39 is 0 Å². The minimum absolute atomic E-state index is 0.0592. The molecule has 1 aliphatic rings. The van der Waals surface area contributed by atoms with Crippen molar-refractivity contribution in [3.63, 3.8) is 0 Å². The number of carbonyl (C=O) groups excluding carboxylic acids is 1. The summed E-state index contributed by atoms with van der Waals surface area (Å²) in [4.78, 5) is 28.0. The van der Waals surface area contributed by atoms with E-state index in [1.54, 1.807) is 12.1 Å². The van der Waals surface area contributed by atoms with Crippen LogP contribution in [0.5, 0.6) is 11.5 Å². The Morgan fingerprint density at radius 2 is 1.93 bits per heavy atom. The Bertz CT molecular complexity index is 1200. The standard InChI is InChI=1S/C21H20ClN3O4S/c22-14-5-3-13(4-6-14)7-8-23-19(26)2-1-9-25-20(27)15-10-17-18(29-12-28-17)11-16(15)24-21(25)30/h3-6,10-11H,1-2,7-9,12H2,(H,23,26)(H,24,30). The maximum Gasteiger partial charge on any atom is 0.262 e. The Kier molecular flexibility index (Phi) is 6.06. The minimum Gasteiger partial charge on any atom is -0.454 e. The molecule has 156 valence electrons.